The van der Waals surface area contributed by atoms with Crippen molar-refractivity contribution in [2.75, 3.05) is 53.1 Å². The van der Waals surface area contributed by atoms with Gasteiger partial charge in [0, 0.05) is 13.0 Å². The predicted molar refractivity (Wildman–Crippen MR) is 207 cm³/mol. The molecular formula is C43H82NO4+. The molecule has 0 aromatic heterocycles. The lowest BCUT2D eigenvalue weighted by Crippen LogP contribution is -2.56. The molecule has 0 saturated carbocycles. The maximum Gasteiger partial charge on any atom is 0.305 e. The number of carbonyl (C=O) groups is 1. The summed E-state index contributed by atoms with van der Waals surface area (Å²) in [5.41, 5.74) is 0. The average molecular weight is 677 g/mol. The Morgan fingerprint density at radius 3 is 1.50 bits per heavy atom. The van der Waals surface area contributed by atoms with Crippen molar-refractivity contribution in [2.24, 2.45) is 0 Å². The van der Waals surface area contributed by atoms with Crippen molar-refractivity contribution in [3.63, 3.8) is 0 Å². The van der Waals surface area contributed by atoms with Gasteiger partial charge in [-0.05, 0) is 64.2 Å². The minimum Gasteiger partial charge on any atom is -0.463 e. The zero-order valence-electron chi connectivity index (χ0n) is 32.5. The van der Waals surface area contributed by atoms with Crippen LogP contribution in [0.4, 0.5) is 0 Å². The minimum atomic E-state index is -0.0631. The lowest BCUT2D eigenvalue weighted by atomic mass is 10.1. The first kappa shape index (κ1) is 44.9. The number of unbranched alkanes of at least 4 members (excludes halogenated alkanes) is 22. The topological polar surface area (TPSA) is 44.8 Å². The Hall–Kier alpha value is -1.17. The molecule has 1 atom stereocenters. The van der Waals surface area contributed by atoms with Gasteiger partial charge in [-0.25, -0.2) is 0 Å². The molecule has 1 fully saturated rings. The SMILES string of the molecule is CCCCCCCC/C=C/CCCCCCCOC(COC(=O)CCCCCCC/C=C/CCCCCCCC)C[N+]1(C)CCOCC1. The smallest absolute Gasteiger partial charge is 0.305 e. The first-order chi connectivity index (χ1) is 23.6. The maximum atomic E-state index is 12.6. The van der Waals surface area contributed by atoms with Crippen LogP contribution in [0.3, 0.4) is 0 Å². The second-order valence-electron chi connectivity index (χ2n) is 15.0. The van der Waals surface area contributed by atoms with E-state index in [0.717, 1.165) is 63.2 Å². The van der Waals surface area contributed by atoms with Crippen LogP contribution in [0.1, 0.15) is 187 Å². The van der Waals surface area contributed by atoms with E-state index >= 15 is 0 Å². The number of allylic oxidation sites excluding steroid dienone is 4. The highest BCUT2D eigenvalue weighted by atomic mass is 16.6. The van der Waals surface area contributed by atoms with Gasteiger partial charge < -0.3 is 18.7 Å². The number of nitrogens with zero attached hydrogens (tertiary/aromatic N) is 1. The summed E-state index contributed by atoms with van der Waals surface area (Å²) in [7, 11) is 2.29. The molecular weight excluding hydrogens is 594 g/mol. The van der Waals surface area contributed by atoms with E-state index in [9.17, 15) is 4.79 Å². The van der Waals surface area contributed by atoms with Crippen LogP contribution in [-0.4, -0.2) is 69.7 Å². The van der Waals surface area contributed by atoms with E-state index < -0.39 is 0 Å². The van der Waals surface area contributed by atoms with Crippen molar-refractivity contribution >= 4 is 5.97 Å². The fourth-order valence-electron chi connectivity index (χ4n) is 6.63. The predicted octanol–water partition coefficient (Wildman–Crippen LogP) is 12.1. The fourth-order valence-corrected chi connectivity index (χ4v) is 6.63. The molecule has 0 spiro atoms. The largest absolute Gasteiger partial charge is 0.463 e. The molecule has 0 bridgehead atoms. The molecule has 282 valence electrons. The summed E-state index contributed by atoms with van der Waals surface area (Å²) in [6, 6.07) is 0. The van der Waals surface area contributed by atoms with Crippen molar-refractivity contribution < 1.29 is 23.5 Å². The first-order valence-electron chi connectivity index (χ1n) is 21.1. The first-order valence-corrected chi connectivity index (χ1v) is 21.1. The van der Waals surface area contributed by atoms with Crippen LogP contribution in [0.25, 0.3) is 0 Å². The third kappa shape index (κ3) is 29.7. The van der Waals surface area contributed by atoms with E-state index in [1.165, 1.54) is 148 Å². The number of likely N-dealkylation sites (N-methyl/N-ethyl adjacent to an activating group) is 1. The summed E-state index contributed by atoms with van der Waals surface area (Å²) < 4.78 is 18.7. The van der Waals surface area contributed by atoms with E-state index in [2.05, 4.69) is 45.2 Å². The normalized spacial score (nSPS) is 15.5. The summed E-state index contributed by atoms with van der Waals surface area (Å²) in [6.45, 7) is 10.2. The standard InChI is InChI=1S/C43H82NO4/c1-4-6-8-10-12-14-16-18-20-22-24-26-28-30-32-34-43(45)48-41-42(40-44(3)35-38-46-39-36-44)47-37-33-31-29-27-25-23-21-19-17-15-13-11-9-7-5-2/h18-21,42H,4-17,22-41H2,1-3H3/q+1/b20-18+,21-19+. The van der Waals surface area contributed by atoms with Gasteiger partial charge in [0.2, 0.25) is 0 Å². The van der Waals surface area contributed by atoms with E-state index in [1.54, 1.807) is 0 Å². The Labute approximate surface area is 299 Å². The van der Waals surface area contributed by atoms with Crippen LogP contribution >= 0.6 is 0 Å². The third-order valence-electron chi connectivity index (χ3n) is 10.0. The van der Waals surface area contributed by atoms with E-state index in [0.29, 0.717) is 13.0 Å². The molecule has 48 heavy (non-hydrogen) atoms. The number of carbonyl (C=O) groups excluding carboxylic acids is 1. The van der Waals surface area contributed by atoms with E-state index in [-0.39, 0.29) is 12.1 Å². The van der Waals surface area contributed by atoms with Gasteiger partial charge >= 0.3 is 5.97 Å². The summed E-state index contributed by atoms with van der Waals surface area (Å²) in [5.74, 6) is -0.0631. The maximum absolute atomic E-state index is 12.6. The molecule has 1 aliphatic rings. The number of quaternary nitrogens is 1. The molecule has 0 aliphatic carbocycles. The highest BCUT2D eigenvalue weighted by Crippen LogP contribution is 2.15. The number of hydrogen-bond acceptors (Lipinski definition) is 4. The lowest BCUT2D eigenvalue weighted by molar-refractivity contribution is -0.919. The molecule has 1 aliphatic heterocycles. The van der Waals surface area contributed by atoms with Gasteiger partial charge in [-0.1, -0.05) is 141 Å². The Bertz CT molecular complexity index is 745. The van der Waals surface area contributed by atoms with Crippen LogP contribution in [0, 0.1) is 0 Å². The molecule has 1 unspecified atom stereocenters. The highest BCUT2D eigenvalue weighted by molar-refractivity contribution is 5.69. The molecule has 0 radical (unpaired) electrons. The molecule has 0 aromatic rings. The van der Waals surface area contributed by atoms with Crippen LogP contribution in [0.2, 0.25) is 0 Å². The molecule has 1 heterocycles. The number of esters is 1. The monoisotopic (exact) mass is 677 g/mol. The fraction of sp³-hybridized carbons (Fsp3) is 0.884. The number of morpholine rings is 1. The van der Waals surface area contributed by atoms with Crippen molar-refractivity contribution in [3.05, 3.63) is 24.3 Å². The van der Waals surface area contributed by atoms with Gasteiger partial charge in [0.25, 0.3) is 0 Å². The summed E-state index contributed by atoms with van der Waals surface area (Å²) in [6.07, 6.45) is 43.4. The molecule has 1 rings (SSSR count). The molecule has 1 saturated heterocycles. The van der Waals surface area contributed by atoms with Crippen LogP contribution in [0.15, 0.2) is 24.3 Å². The number of hydrogen-bond donors (Lipinski definition) is 0. The van der Waals surface area contributed by atoms with Gasteiger partial charge in [0.1, 0.15) is 32.3 Å². The average Bonchev–Trinajstić information content (AvgIpc) is 3.08. The zero-order valence-corrected chi connectivity index (χ0v) is 32.5. The molecule has 0 amide bonds. The Morgan fingerprint density at radius 2 is 1.02 bits per heavy atom. The van der Waals surface area contributed by atoms with Gasteiger partial charge in [-0.2, -0.15) is 0 Å². The summed E-state index contributed by atoms with van der Waals surface area (Å²) in [5, 5.41) is 0. The molecule has 5 heteroatoms. The summed E-state index contributed by atoms with van der Waals surface area (Å²) in [4.78, 5) is 12.6. The van der Waals surface area contributed by atoms with Crippen LogP contribution in [-0.2, 0) is 19.0 Å². The number of ether oxygens (including phenoxy) is 3. The Morgan fingerprint density at radius 1 is 0.604 bits per heavy atom. The van der Waals surface area contributed by atoms with Gasteiger partial charge in [-0.15, -0.1) is 0 Å². The zero-order chi connectivity index (χ0) is 34.6. The van der Waals surface area contributed by atoms with Crippen molar-refractivity contribution in [2.45, 2.75) is 193 Å². The van der Waals surface area contributed by atoms with Crippen LogP contribution < -0.4 is 0 Å². The van der Waals surface area contributed by atoms with Crippen molar-refractivity contribution in [3.8, 4) is 0 Å². The van der Waals surface area contributed by atoms with Gasteiger partial charge in [0.05, 0.1) is 20.3 Å². The minimum absolute atomic E-state index is 0.0389. The molecule has 0 aromatic carbocycles. The highest BCUT2D eigenvalue weighted by Gasteiger charge is 2.30. The van der Waals surface area contributed by atoms with Crippen LogP contribution in [0.5, 0.6) is 0 Å². The van der Waals surface area contributed by atoms with Crippen molar-refractivity contribution in [1.29, 1.82) is 0 Å². The molecule has 0 N–H and O–H groups in total. The number of rotatable bonds is 35. The van der Waals surface area contributed by atoms with Gasteiger partial charge in [-0.3, -0.25) is 4.79 Å². The van der Waals surface area contributed by atoms with Gasteiger partial charge in [0.15, 0.2) is 0 Å². The quantitative estimate of drug-likeness (QED) is 0.0290. The second-order valence-corrected chi connectivity index (χ2v) is 15.0. The van der Waals surface area contributed by atoms with Crippen molar-refractivity contribution in [1.82, 2.24) is 0 Å². The molecule has 5 nitrogen and oxygen atoms in total. The lowest BCUT2D eigenvalue weighted by Gasteiger charge is -2.39. The Balaban J connectivity index is 2.11. The second kappa shape index (κ2) is 34.3. The Kier molecular flexibility index (Phi) is 32.0. The van der Waals surface area contributed by atoms with E-state index in [4.69, 9.17) is 14.2 Å². The third-order valence-corrected chi connectivity index (χ3v) is 10.0. The summed E-state index contributed by atoms with van der Waals surface area (Å²) >= 11 is 0. The van der Waals surface area contributed by atoms with E-state index in [1.807, 2.05) is 0 Å².